The minimum Gasteiger partial charge on any atom is -0.350 e. The second-order valence-electron chi connectivity index (χ2n) is 6.57. The standard InChI is InChI=1S/C18H26BrNO/c1-14-9-11-18(13-19,12-10-14)20-17(21)8-7-16-6-4-3-5-15(16)2/h3-6,14H,7-13H2,1-2H3,(H,20,21). The summed E-state index contributed by atoms with van der Waals surface area (Å²) in [6, 6.07) is 8.31. The Balaban J connectivity index is 1.87. The van der Waals surface area contributed by atoms with Crippen molar-refractivity contribution in [2.24, 2.45) is 5.92 Å². The van der Waals surface area contributed by atoms with Gasteiger partial charge in [-0.15, -0.1) is 0 Å². The number of amides is 1. The van der Waals surface area contributed by atoms with E-state index < -0.39 is 0 Å². The van der Waals surface area contributed by atoms with Crippen molar-refractivity contribution in [2.45, 2.75) is 57.9 Å². The van der Waals surface area contributed by atoms with Crippen molar-refractivity contribution in [3.05, 3.63) is 35.4 Å². The zero-order valence-electron chi connectivity index (χ0n) is 13.1. The lowest BCUT2D eigenvalue weighted by atomic mass is 9.78. The molecule has 1 aromatic carbocycles. The normalized spacial score (nSPS) is 25.6. The van der Waals surface area contributed by atoms with E-state index >= 15 is 0 Å². The molecule has 1 aliphatic carbocycles. The molecule has 2 rings (SSSR count). The number of hydrogen-bond donors (Lipinski definition) is 1. The maximum atomic E-state index is 12.3. The molecule has 0 unspecified atom stereocenters. The van der Waals surface area contributed by atoms with Crippen LogP contribution in [-0.2, 0) is 11.2 Å². The van der Waals surface area contributed by atoms with Gasteiger partial charge in [0.05, 0.1) is 0 Å². The molecular formula is C18H26BrNO. The van der Waals surface area contributed by atoms with Gasteiger partial charge in [0.1, 0.15) is 0 Å². The van der Waals surface area contributed by atoms with E-state index in [2.05, 4.69) is 47.2 Å². The molecule has 3 heteroatoms. The summed E-state index contributed by atoms with van der Waals surface area (Å²) in [5, 5.41) is 4.17. The molecule has 0 atom stereocenters. The van der Waals surface area contributed by atoms with E-state index in [1.807, 2.05) is 12.1 Å². The summed E-state index contributed by atoms with van der Waals surface area (Å²) in [6.45, 7) is 4.41. The van der Waals surface area contributed by atoms with Crippen LogP contribution in [0.1, 0.15) is 50.2 Å². The van der Waals surface area contributed by atoms with Crippen LogP contribution in [0.4, 0.5) is 0 Å². The third kappa shape index (κ3) is 4.57. The first-order valence-corrected chi connectivity index (χ1v) is 9.08. The molecule has 0 spiro atoms. The Morgan fingerprint density at radius 3 is 2.62 bits per heavy atom. The highest BCUT2D eigenvalue weighted by Gasteiger charge is 2.34. The SMILES string of the molecule is Cc1ccccc1CCC(=O)NC1(CBr)CCC(C)CC1. The van der Waals surface area contributed by atoms with Crippen LogP contribution < -0.4 is 5.32 Å². The average molecular weight is 352 g/mol. The Morgan fingerprint density at radius 1 is 1.33 bits per heavy atom. The van der Waals surface area contributed by atoms with E-state index in [0.717, 1.165) is 30.5 Å². The molecule has 1 saturated carbocycles. The molecule has 0 saturated heterocycles. The number of hydrogen-bond acceptors (Lipinski definition) is 1. The van der Waals surface area contributed by atoms with Crippen LogP contribution in [0.25, 0.3) is 0 Å². The van der Waals surface area contributed by atoms with Gasteiger partial charge in [-0.3, -0.25) is 4.79 Å². The van der Waals surface area contributed by atoms with Crippen LogP contribution in [-0.4, -0.2) is 16.8 Å². The quantitative estimate of drug-likeness (QED) is 0.783. The highest BCUT2D eigenvalue weighted by molar-refractivity contribution is 9.09. The molecule has 0 aromatic heterocycles. The first-order chi connectivity index (χ1) is 10.0. The van der Waals surface area contributed by atoms with Crippen LogP contribution in [0.2, 0.25) is 0 Å². The Hall–Kier alpha value is -0.830. The number of halogens is 1. The number of alkyl halides is 1. The van der Waals surface area contributed by atoms with Crippen molar-refractivity contribution in [1.29, 1.82) is 0 Å². The molecule has 1 N–H and O–H groups in total. The highest BCUT2D eigenvalue weighted by Crippen LogP contribution is 2.33. The third-order valence-electron chi connectivity index (χ3n) is 4.77. The fourth-order valence-corrected chi connectivity index (χ4v) is 3.80. The van der Waals surface area contributed by atoms with Gasteiger partial charge in [-0.2, -0.15) is 0 Å². The molecule has 0 bridgehead atoms. The van der Waals surface area contributed by atoms with Gasteiger partial charge in [-0.25, -0.2) is 0 Å². The lowest BCUT2D eigenvalue weighted by Crippen LogP contribution is -2.52. The fraction of sp³-hybridized carbons (Fsp3) is 0.611. The summed E-state index contributed by atoms with van der Waals surface area (Å²) in [4.78, 5) is 12.3. The molecule has 116 valence electrons. The molecule has 0 heterocycles. The summed E-state index contributed by atoms with van der Waals surface area (Å²) >= 11 is 3.61. The highest BCUT2D eigenvalue weighted by atomic mass is 79.9. The molecule has 1 fully saturated rings. The zero-order chi connectivity index (χ0) is 15.3. The second-order valence-corrected chi connectivity index (χ2v) is 7.13. The lowest BCUT2D eigenvalue weighted by molar-refractivity contribution is -0.123. The summed E-state index contributed by atoms with van der Waals surface area (Å²) in [5.74, 6) is 0.980. The summed E-state index contributed by atoms with van der Waals surface area (Å²) in [7, 11) is 0. The van der Waals surface area contributed by atoms with Crippen molar-refractivity contribution in [3.8, 4) is 0 Å². The average Bonchev–Trinajstić information content (AvgIpc) is 2.49. The first-order valence-electron chi connectivity index (χ1n) is 7.96. The molecule has 0 aliphatic heterocycles. The van der Waals surface area contributed by atoms with E-state index in [1.165, 1.54) is 24.0 Å². The minimum atomic E-state index is -0.0185. The molecule has 1 aliphatic rings. The van der Waals surface area contributed by atoms with Gasteiger partial charge in [0.15, 0.2) is 0 Å². The molecule has 0 radical (unpaired) electrons. The van der Waals surface area contributed by atoms with Crippen molar-refractivity contribution in [1.82, 2.24) is 5.32 Å². The Kier molecular flexibility index (Phi) is 5.86. The van der Waals surface area contributed by atoms with Gasteiger partial charge in [-0.05, 0) is 56.1 Å². The van der Waals surface area contributed by atoms with Crippen molar-refractivity contribution in [2.75, 3.05) is 5.33 Å². The number of nitrogens with one attached hydrogen (secondary N) is 1. The van der Waals surface area contributed by atoms with E-state index in [0.29, 0.717) is 6.42 Å². The molecule has 21 heavy (non-hydrogen) atoms. The minimum absolute atomic E-state index is 0.0185. The van der Waals surface area contributed by atoms with Crippen LogP contribution in [0.15, 0.2) is 24.3 Å². The van der Waals surface area contributed by atoms with Gasteiger partial charge < -0.3 is 5.32 Å². The van der Waals surface area contributed by atoms with Crippen LogP contribution in [0, 0.1) is 12.8 Å². The number of carbonyl (C=O) groups excluding carboxylic acids is 1. The third-order valence-corrected chi connectivity index (χ3v) is 5.85. The predicted molar refractivity (Wildman–Crippen MR) is 91.8 cm³/mol. The van der Waals surface area contributed by atoms with Crippen molar-refractivity contribution in [3.63, 3.8) is 0 Å². The van der Waals surface area contributed by atoms with Crippen LogP contribution in [0.5, 0.6) is 0 Å². The molecule has 1 amide bonds. The Morgan fingerprint density at radius 2 is 2.00 bits per heavy atom. The summed E-state index contributed by atoms with van der Waals surface area (Å²) in [5.41, 5.74) is 2.53. The number of benzene rings is 1. The second kappa shape index (κ2) is 7.44. The van der Waals surface area contributed by atoms with E-state index in [-0.39, 0.29) is 11.4 Å². The predicted octanol–water partition coefficient (Wildman–Crippen LogP) is 4.39. The molecule has 1 aromatic rings. The van der Waals surface area contributed by atoms with Crippen LogP contribution in [0.3, 0.4) is 0 Å². The van der Waals surface area contributed by atoms with Gasteiger partial charge in [-0.1, -0.05) is 47.1 Å². The van der Waals surface area contributed by atoms with Crippen molar-refractivity contribution < 1.29 is 4.79 Å². The zero-order valence-corrected chi connectivity index (χ0v) is 14.7. The van der Waals surface area contributed by atoms with Gasteiger partial charge in [0.25, 0.3) is 0 Å². The maximum Gasteiger partial charge on any atom is 0.220 e. The topological polar surface area (TPSA) is 29.1 Å². The van der Waals surface area contributed by atoms with Crippen LogP contribution >= 0.6 is 15.9 Å². The van der Waals surface area contributed by atoms with Crippen molar-refractivity contribution >= 4 is 21.8 Å². The number of carbonyl (C=O) groups is 1. The summed E-state index contributed by atoms with van der Waals surface area (Å²) in [6.07, 6.45) is 6.01. The van der Waals surface area contributed by atoms with Gasteiger partial charge >= 0.3 is 0 Å². The van der Waals surface area contributed by atoms with E-state index in [1.54, 1.807) is 0 Å². The maximum absolute atomic E-state index is 12.3. The number of aryl methyl sites for hydroxylation is 2. The first kappa shape index (κ1) is 16.5. The van der Waals surface area contributed by atoms with Gasteiger partial charge in [0, 0.05) is 17.3 Å². The summed E-state index contributed by atoms with van der Waals surface area (Å²) < 4.78 is 0. The monoisotopic (exact) mass is 351 g/mol. The Bertz CT molecular complexity index is 478. The fourth-order valence-electron chi connectivity index (χ4n) is 3.10. The Labute approximate surface area is 136 Å². The largest absolute Gasteiger partial charge is 0.350 e. The smallest absolute Gasteiger partial charge is 0.220 e. The molecule has 2 nitrogen and oxygen atoms in total. The van der Waals surface area contributed by atoms with Gasteiger partial charge in [0.2, 0.25) is 5.91 Å². The number of rotatable bonds is 5. The lowest BCUT2D eigenvalue weighted by Gasteiger charge is -2.39. The van der Waals surface area contributed by atoms with E-state index in [4.69, 9.17) is 0 Å². The molecular weight excluding hydrogens is 326 g/mol. The van der Waals surface area contributed by atoms with E-state index in [9.17, 15) is 4.79 Å².